The van der Waals surface area contributed by atoms with Gasteiger partial charge in [-0.1, -0.05) is 11.6 Å². The Morgan fingerprint density at radius 3 is 2.81 bits per heavy atom. The Kier molecular flexibility index (Phi) is 4.58. The van der Waals surface area contributed by atoms with Crippen molar-refractivity contribution in [1.29, 1.82) is 0 Å². The number of carbonyl (C=O) groups is 1. The topological polar surface area (TPSA) is 61.5 Å². The fourth-order valence-corrected chi connectivity index (χ4v) is 1.41. The predicted molar refractivity (Wildman–Crippen MR) is 62.6 cm³/mol. The van der Waals surface area contributed by atoms with Crippen molar-refractivity contribution in [3.05, 3.63) is 28.8 Å². The first-order chi connectivity index (χ1) is 7.54. The molecule has 0 fully saturated rings. The molecule has 0 saturated heterocycles. The molecule has 1 rings (SSSR count). The molecule has 0 aliphatic rings. The van der Waals surface area contributed by atoms with Gasteiger partial charge in [0.2, 0.25) is 0 Å². The smallest absolute Gasteiger partial charge is 0.340 e. The maximum absolute atomic E-state index is 11.7. The van der Waals surface area contributed by atoms with Crippen molar-refractivity contribution in [2.45, 2.75) is 13.0 Å². The molecule has 0 unspecified atom stereocenters. The number of halogens is 1. The van der Waals surface area contributed by atoms with E-state index in [1.807, 2.05) is 0 Å². The number of carbonyl (C=O) groups excluding carboxylic acids is 1. The molecular formula is C11H14ClNO3. The molecule has 5 heteroatoms. The van der Waals surface area contributed by atoms with Gasteiger partial charge in [0, 0.05) is 17.8 Å². The van der Waals surface area contributed by atoms with E-state index in [9.17, 15) is 4.79 Å². The highest BCUT2D eigenvalue weighted by molar-refractivity contribution is 6.31. The summed E-state index contributed by atoms with van der Waals surface area (Å²) < 4.78 is 9.97. The van der Waals surface area contributed by atoms with Gasteiger partial charge in [-0.2, -0.15) is 0 Å². The van der Waals surface area contributed by atoms with Crippen molar-refractivity contribution >= 4 is 23.3 Å². The molecule has 0 heterocycles. The lowest BCUT2D eigenvalue weighted by molar-refractivity contribution is 0.0121. The van der Waals surface area contributed by atoms with E-state index in [1.165, 1.54) is 6.07 Å². The normalized spacial score (nSPS) is 12.2. The minimum absolute atomic E-state index is 0.308. The second kappa shape index (κ2) is 5.72. The van der Waals surface area contributed by atoms with Gasteiger partial charge in [-0.25, -0.2) is 4.79 Å². The molecular weight excluding hydrogens is 230 g/mol. The number of ether oxygens (including phenoxy) is 2. The molecule has 4 nitrogen and oxygen atoms in total. The minimum atomic E-state index is -0.473. The summed E-state index contributed by atoms with van der Waals surface area (Å²) in [4.78, 5) is 11.7. The zero-order chi connectivity index (χ0) is 12.1. The highest BCUT2D eigenvalue weighted by atomic mass is 35.5. The van der Waals surface area contributed by atoms with Crippen LogP contribution in [0.2, 0.25) is 5.02 Å². The molecule has 1 atom stereocenters. The fraction of sp³-hybridized carbons (Fsp3) is 0.364. The number of nitrogens with two attached hydrogens (primary N) is 1. The van der Waals surface area contributed by atoms with E-state index in [0.29, 0.717) is 22.9 Å². The molecule has 0 spiro atoms. The van der Waals surface area contributed by atoms with Crippen LogP contribution in [0, 0.1) is 0 Å². The van der Waals surface area contributed by atoms with Crippen LogP contribution in [-0.4, -0.2) is 25.8 Å². The second-order valence-electron chi connectivity index (χ2n) is 3.40. The van der Waals surface area contributed by atoms with Crippen molar-refractivity contribution in [2.75, 3.05) is 19.5 Å². The Bertz CT molecular complexity index is 381. The van der Waals surface area contributed by atoms with Crippen molar-refractivity contribution < 1.29 is 14.3 Å². The van der Waals surface area contributed by atoms with E-state index in [1.54, 1.807) is 26.2 Å². The summed E-state index contributed by atoms with van der Waals surface area (Å²) in [5.41, 5.74) is 6.28. The quantitative estimate of drug-likeness (QED) is 0.650. The summed E-state index contributed by atoms with van der Waals surface area (Å²) in [6.07, 6.45) is -0.312. The minimum Gasteiger partial charge on any atom is -0.457 e. The molecule has 0 bridgehead atoms. The van der Waals surface area contributed by atoms with Crippen LogP contribution in [0.3, 0.4) is 0 Å². The van der Waals surface area contributed by atoms with Crippen molar-refractivity contribution in [2.24, 2.45) is 0 Å². The van der Waals surface area contributed by atoms with Gasteiger partial charge in [0.15, 0.2) is 0 Å². The van der Waals surface area contributed by atoms with Gasteiger partial charge in [-0.05, 0) is 25.1 Å². The number of methoxy groups -OCH3 is 1. The number of hydrogen-bond acceptors (Lipinski definition) is 4. The first kappa shape index (κ1) is 12.8. The summed E-state index contributed by atoms with van der Waals surface area (Å²) in [7, 11) is 1.54. The second-order valence-corrected chi connectivity index (χ2v) is 3.84. The number of hydrogen-bond donors (Lipinski definition) is 1. The maximum atomic E-state index is 11.7. The monoisotopic (exact) mass is 243 g/mol. The fourth-order valence-electron chi connectivity index (χ4n) is 1.23. The number of benzene rings is 1. The highest BCUT2D eigenvalue weighted by Gasteiger charge is 2.14. The van der Waals surface area contributed by atoms with Crippen LogP contribution < -0.4 is 5.73 Å². The molecule has 0 radical (unpaired) electrons. The predicted octanol–water partition coefficient (Wildman–Crippen LogP) is 2.11. The van der Waals surface area contributed by atoms with E-state index >= 15 is 0 Å². The molecule has 0 amide bonds. The third kappa shape index (κ3) is 3.40. The van der Waals surface area contributed by atoms with Crippen molar-refractivity contribution in [3.63, 3.8) is 0 Å². The van der Waals surface area contributed by atoms with Gasteiger partial charge < -0.3 is 15.2 Å². The molecule has 1 aromatic rings. The zero-order valence-electron chi connectivity index (χ0n) is 9.20. The van der Waals surface area contributed by atoms with Crippen LogP contribution >= 0.6 is 11.6 Å². The molecule has 2 N–H and O–H groups in total. The van der Waals surface area contributed by atoms with Crippen LogP contribution in [0.15, 0.2) is 18.2 Å². The van der Waals surface area contributed by atoms with Gasteiger partial charge in [-0.3, -0.25) is 0 Å². The van der Waals surface area contributed by atoms with E-state index in [4.69, 9.17) is 26.8 Å². The van der Waals surface area contributed by atoms with E-state index in [0.717, 1.165) is 0 Å². The molecule has 88 valence electrons. The Balaban J connectivity index is 2.73. The largest absolute Gasteiger partial charge is 0.457 e. The average Bonchev–Trinajstić information content (AvgIpc) is 2.17. The van der Waals surface area contributed by atoms with Crippen LogP contribution in [0.25, 0.3) is 0 Å². The summed E-state index contributed by atoms with van der Waals surface area (Å²) in [5, 5.41) is 0.485. The Morgan fingerprint density at radius 2 is 2.25 bits per heavy atom. The highest BCUT2D eigenvalue weighted by Crippen LogP contribution is 2.19. The van der Waals surface area contributed by atoms with E-state index in [2.05, 4.69) is 0 Å². The Morgan fingerprint density at radius 1 is 1.56 bits per heavy atom. The number of anilines is 1. The number of nitrogen functional groups attached to an aromatic ring is 1. The van der Waals surface area contributed by atoms with Gasteiger partial charge in [-0.15, -0.1) is 0 Å². The molecule has 0 saturated carbocycles. The van der Waals surface area contributed by atoms with Crippen LogP contribution in [0.4, 0.5) is 5.69 Å². The number of esters is 1. The SMILES string of the molecule is COC[C@H](C)OC(=O)c1ccc(Cl)cc1N. The van der Waals surface area contributed by atoms with Gasteiger partial charge in [0.1, 0.15) is 6.10 Å². The first-order valence-corrected chi connectivity index (χ1v) is 5.17. The van der Waals surface area contributed by atoms with E-state index < -0.39 is 5.97 Å². The van der Waals surface area contributed by atoms with Crippen LogP contribution in [-0.2, 0) is 9.47 Å². The molecule has 16 heavy (non-hydrogen) atoms. The third-order valence-electron chi connectivity index (χ3n) is 1.94. The zero-order valence-corrected chi connectivity index (χ0v) is 9.95. The van der Waals surface area contributed by atoms with Crippen LogP contribution in [0.5, 0.6) is 0 Å². The number of rotatable bonds is 4. The third-order valence-corrected chi connectivity index (χ3v) is 2.18. The van der Waals surface area contributed by atoms with Crippen molar-refractivity contribution in [3.8, 4) is 0 Å². The summed E-state index contributed by atoms with van der Waals surface area (Å²) in [5.74, 6) is -0.473. The first-order valence-electron chi connectivity index (χ1n) is 4.79. The van der Waals surface area contributed by atoms with Crippen molar-refractivity contribution in [1.82, 2.24) is 0 Å². The standard InChI is InChI=1S/C11H14ClNO3/c1-7(6-15-2)16-11(14)9-4-3-8(12)5-10(9)13/h3-5,7H,6,13H2,1-2H3/t7-/m0/s1. The van der Waals surface area contributed by atoms with Gasteiger partial charge >= 0.3 is 5.97 Å². The maximum Gasteiger partial charge on any atom is 0.340 e. The molecule has 0 aliphatic carbocycles. The molecule has 0 aliphatic heterocycles. The Hall–Kier alpha value is -1.26. The van der Waals surface area contributed by atoms with Crippen LogP contribution in [0.1, 0.15) is 17.3 Å². The Labute approximate surface area is 99.3 Å². The lowest BCUT2D eigenvalue weighted by atomic mass is 10.2. The summed E-state index contributed by atoms with van der Waals surface area (Å²) in [6, 6.07) is 4.65. The molecule has 0 aromatic heterocycles. The summed E-state index contributed by atoms with van der Waals surface area (Å²) in [6.45, 7) is 2.09. The van der Waals surface area contributed by atoms with E-state index in [-0.39, 0.29) is 6.10 Å². The van der Waals surface area contributed by atoms with Gasteiger partial charge in [0.25, 0.3) is 0 Å². The lowest BCUT2D eigenvalue weighted by Gasteiger charge is -2.13. The lowest BCUT2D eigenvalue weighted by Crippen LogP contribution is -2.20. The molecule has 1 aromatic carbocycles. The summed E-state index contributed by atoms with van der Waals surface area (Å²) >= 11 is 5.72. The van der Waals surface area contributed by atoms with Gasteiger partial charge in [0.05, 0.1) is 12.2 Å². The average molecular weight is 244 g/mol.